The average molecular weight is 511 g/mol. The van der Waals surface area contributed by atoms with Crippen LogP contribution in [0.5, 0.6) is 0 Å². The smallest absolute Gasteiger partial charge is 0.339 e. The van der Waals surface area contributed by atoms with Gasteiger partial charge in [-0.3, -0.25) is 9.10 Å². The van der Waals surface area contributed by atoms with Gasteiger partial charge in [0.1, 0.15) is 6.54 Å². The lowest BCUT2D eigenvalue weighted by atomic mass is 10.1. The molecule has 0 saturated carbocycles. The lowest BCUT2D eigenvalue weighted by molar-refractivity contribution is -0.114. The molecule has 1 N–H and O–H groups in total. The highest BCUT2D eigenvalue weighted by Crippen LogP contribution is 2.26. The maximum Gasteiger partial charge on any atom is 0.339 e. The van der Waals surface area contributed by atoms with Crippen LogP contribution in [0.4, 0.5) is 11.4 Å². The molecule has 1 amide bonds. The number of nitrogens with zero attached hydrogens (tertiary/aromatic N) is 1. The molecule has 0 unspecified atom stereocenters. The van der Waals surface area contributed by atoms with Gasteiger partial charge >= 0.3 is 11.9 Å². The Morgan fingerprint density at radius 3 is 2.11 bits per heavy atom. The van der Waals surface area contributed by atoms with Crippen molar-refractivity contribution in [1.82, 2.24) is 0 Å². The molecule has 0 aliphatic heterocycles. The molecule has 3 rings (SSSR count). The Bertz CT molecular complexity index is 1400. The van der Waals surface area contributed by atoms with Crippen molar-refractivity contribution >= 4 is 39.2 Å². The lowest BCUT2D eigenvalue weighted by Crippen LogP contribution is -2.38. The van der Waals surface area contributed by atoms with Gasteiger partial charge in [-0.05, 0) is 61.9 Å². The fourth-order valence-corrected chi connectivity index (χ4v) is 4.85. The molecule has 9 nitrogen and oxygen atoms in total. The highest BCUT2D eigenvalue weighted by atomic mass is 32.2. The summed E-state index contributed by atoms with van der Waals surface area (Å²) in [7, 11) is -1.75. The van der Waals surface area contributed by atoms with E-state index >= 15 is 0 Å². The quantitative estimate of drug-likeness (QED) is 0.459. The number of esters is 2. The summed E-state index contributed by atoms with van der Waals surface area (Å²) in [6.45, 7) is 3.05. The lowest BCUT2D eigenvalue weighted by Gasteiger charge is -2.24. The summed E-state index contributed by atoms with van der Waals surface area (Å²) >= 11 is 0. The van der Waals surface area contributed by atoms with Crippen LogP contribution in [0.15, 0.2) is 71.6 Å². The molecular weight excluding hydrogens is 484 g/mol. The van der Waals surface area contributed by atoms with E-state index in [1.54, 1.807) is 43.3 Å². The first-order chi connectivity index (χ1) is 17.1. The van der Waals surface area contributed by atoms with Crippen molar-refractivity contribution in [3.05, 3.63) is 89.0 Å². The van der Waals surface area contributed by atoms with Crippen LogP contribution in [-0.4, -0.2) is 47.0 Å². The van der Waals surface area contributed by atoms with E-state index in [-0.39, 0.29) is 21.7 Å². The van der Waals surface area contributed by atoms with Gasteiger partial charge in [0.15, 0.2) is 0 Å². The van der Waals surface area contributed by atoms with Gasteiger partial charge in [-0.1, -0.05) is 29.8 Å². The molecule has 0 spiro atoms. The standard InChI is InChI=1S/C26H26N2O7S/c1-17-8-11-21(12-9-17)36(32,33)28(20-7-5-6-18(2)14-20)16-24(29)27-23-15-19(25(30)34-3)10-13-22(23)26(31)35-4/h5-15H,16H2,1-4H3,(H,27,29). The molecule has 0 heterocycles. The number of benzene rings is 3. The number of rotatable bonds is 8. The normalized spacial score (nSPS) is 10.9. The highest BCUT2D eigenvalue weighted by Gasteiger charge is 2.28. The van der Waals surface area contributed by atoms with Gasteiger partial charge in [0.2, 0.25) is 5.91 Å². The van der Waals surface area contributed by atoms with E-state index in [1.165, 1.54) is 44.6 Å². The predicted molar refractivity (Wildman–Crippen MR) is 135 cm³/mol. The number of amides is 1. The molecule has 0 aromatic heterocycles. The summed E-state index contributed by atoms with van der Waals surface area (Å²) in [4.78, 5) is 37.4. The minimum Gasteiger partial charge on any atom is -0.465 e. The van der Waals surface area contributed by atoms with Crippen molar-refractivity contribution in [1.29, 1.82) is 0 Å². The van der Waals surface area contributed by atoms with Gasteiger partial charge in [0, 0.05) is 0 Å². The summed E-state index contributed by atoms with van der Waals surface area (Å²) in [5.41, 5.74) is 2.03. The Kier molecular flexibility index (Phi) is 8.11. The molecule has 10 heteroatoms. The SMILES string of the molecule is COC(=O)c1ccc(C(=O)OC)c(NC(=O)CN(c2cccc(C)c2)S(=O)(=O)c2ccc(C)cc2)c1. The zero-order valence-electron chi connectivity index (χ0n) is 20.3. The average Bonchev–Trinajstić information content (AvgIpc) is 2.86. The van der Waals surface area contributed by atoms with Crippen LogP contribution in [0.3, 0.4) is 0 Å². The third kappa shape index (κ3) is 5.89. The Morgan fingerprint density at radius 2 is 1.50 bits per heavy atom. The number of carbonyl (C=O) groups is 3. The number of hydrogen-bond donors (Lipinski definition) is 1. The zero-order valence-corrected chi connectivity index (χ0v) is 21.1. The fraction of sp³-hybridized carbons (Fsp3) is 0.192. The molecular formula is C26H26N2O7S. The van der Waals surface area contributed by atoms with Crippen LogP contribution in [0.2, 0.25) is 0 Å². The first kappa shape index (κ1) is 26.4. The third-order valence-electron chi connectivity index (χ3n) is 5.31. The van der Waals surface area contributed by atoms with E-state index < -0.39 is 34.4 Å². The van der Waals surface area contributed by atoms with Crippen molar-refractivity contribution in [2.24, 2.45) is 0 Å². The summed E-state index contributed by atoms with van der Waals surface area (Å²) in [5.74, 6) is -2.16. The van der Waals surface area contributed by atoms with Crippen LogP contribution >= 0.6 is 0 Å². The third-order valence-corrected chi connectivity index (χ3v) is 7.09. The maximum absolute atomic E-state index is 13.6. The van der Waals surface area contributed by atoms with Gasteiger partial charge in [0.25, 0.3) is 10.0 Å². The number of methoxy groups -OCH3 is 2. The van der Waals surface area contributed by atoms with E-state index in [0.717, 1.165) is 15.4 Å². The second-order valence-electron chi connectivity index (χ2n) is 7.96. The van der Waals surface area contributed by atoms with Crippen molar-refractivity contribution in [2.45, 2.75) is 18.7 Å². The van der Waals surface area contributed by atoms with E-state index in [1.807, 2.05) is 6.92 Å². The van der Waals surface area contributed by atoms with Crippen molar-refractivity contribution in [3.63, 3.8) is 0 Å². The predicted octanol–water partition coefficient (Wildman–Crippen LogP) is 3.71. The number of nitrogens with one attached hydrogen (secondary N) is 1. The summed E-state index contributed by atoms with van der Waals surface area (Å²) < 4.78 is 37.6. The maximum atomic E-state index is 13.6. The Balaban J connectivity index is 2.01. The Labute approximate surface area is 209 Å². The fourth-order valence-electron chi connectivity index (χ4n) is 3.44. The molecule has 188 valence electrons. The zero-order chi connectivity index (χ0) is 26.5. The van der Waals surface area contributed by atoms with Gasteiger partial charge in [0.05, 0.1) is 41.6 Å². The second-order valence-corrected chi connectivity index (χ2v) is 9.82. The topological polar surface area (TPSA) is 119 Å². The molecule has 0 bridgehead atoms. The minimum atomic E-state index is -4.12. The molecule has 0 aliphatic carbocycles. The van der Waals surface area contributed by atoms with Crippen molar-refractivity contribution in [2.75, 3.05) is 30.4 Å². The largest absolute Gasteiger partial charge is 0.465 e. The molecule has 0 aliphatic rings. The van der Waals surface area contributed by atoms with Crippen LogP contribution in [0, 0.1) is 13.8 Å². The van der Waals surface area contributed by atoms with Crippen molar-refractivity contribution in [3.8, 4) is 0 Å². The first-order valence-electron chi connectivity index (χ1n) is 10.8. The highest BCUT2D eigenvalue weighted by molar-refractivity contribution is 7.92. The van der Waals surface area contributed by atoms with E-state index in [0.29, 0.717) is 5.69 Å². The van der Waals surface area contributed by atoms with Crippen LogP contribution in [-0.2, 0) is 24.3 Å². The number of hydrogen-bond acceptors (Lipinski definition) is 7. The summed E-state index contributed by atoms with van der Waals surface area (Å²) in [5, 5.41) is 2.54. The van der Waals surface area contributed by atoms with Crippen LogP contribution < -0.4 is 9.62 Å². The van der Waals surface area contributed by atoms with E-state index in [2.05, 4.69) is 5.32 Å². The minimum absolute atomic E-state index is 0.0120. The molecule has 0 fully saturated rings. The number of sulfonamides is 1. The molecule has 0 radical (unpaired) electrons. The summed E-state index contributed by atoms with van der Waals surface area (Å²) in [6.07, 6.45) is 0. The molecule has 3 aromatic rings. The van der Waals surface area contributed by atoms with E-state index in [9.17, 15) is 22.8 Å². The molecule has 3 aromatic carbocycles. The number of anilines is 2. The van der Waals surface area contributed by atoms with Crippen LogP contribution in [0.25, 0.3) is 0 Å². The van der Waals surface area contributed by atoms with Gasteiger partial charge in [-0.15, -0.1) is 0 Å². The number of carbonyl (C=O) groups excluding carboxylic acids is 3. The second kappa shape index (κ2) is 11.0. The molecule has 36 heavy (non-hydrogen) atoms. The number of ether oxygens (including phenoxy) is 2. The first-order valence-corrected chi connectivity index (χ1v) is 12.3. The molecule has 0 saturated heterocycles. The van der Waals surface area contributed by atoms with E-state index in [4.69, 9.17) is 9.47 Å². The van der Waals surface area contributed by atoms with Crippen LogP contribution in [0.1, 0.15) is 31.8 Å². The number of aryl methyl sites for hydroxylation is 2. The van der Waals surface area contributed by atoms with Gasteiger partial charge in [-0.2, -0.15) is 0 Å². The Hall–Kier alpha value is -4.18. The monoisotopic (exact) mass is 510 g/mol. The van der Waals surface area contributed by atoms with Gasteiger partial charge in [-0.25, -0.2) is 18.0 Å². The Morgan fingerprint density at radius 1 is 0.833 bits per heavy atom. The molecule has 0 atom stereocenters. The van der Waals surface area contributed by atoms with Gasteiger partial charge < -0.3 is 14.8 Å². The summed E-state index contributed by atoms with van der Waals surface area (Å²) in [6, 6.07) is 17.0. The van der Waals surface area contributed by atoms with Crippen molar-refractivity contribution < 1.29 is 32.3 Å².